The maximum absolute atomic E-state index is 4.70. The SMILES string of the molecule is NNC(=S)S.[Zn]. The fourth-order valence-electron chi connectivity index (χ4n) is 0. The summed E-state index contributed by atoms with van der Waals surface area (Å²) < 4.78 is 0.310. The molecule has 0 fully saturated rings. The molecule has 6 heavy (non-hydrogen) atoms. The van der Waals surface area contributed by atoms with Gasteiger partial charge in [-0.1, -0.05) is 12.2 Å². The van der Waals surface area contributed by atoms with Crippen LogP contribution in [0, 0.1) is 0 Å². The molecule has 0 unspecified atom stereocenters. The third-order valence-corrected chi connectivity index (χ3v) is 0.370. The Bertz CT molecular complexity index is 46.8. The van der Waals surface area contributed by atoms with Gasteiger partial charge in [0, 0.05) is 19.5 Å². The molecule has 0 aromatic rings. The Morgan fingerprint density at radius 3 is 2.00 bits per heavy atom. The minimum absolute atomic E-state index is 0. The van der Waals surface area contributed by atoms with Gasteiger partial charge in [0.1, 0.15) is 4.32 Å². The van der Waals surface area contributed by atoms with E-state index < -0.39 is 0 Å². The van der Waals surface area contributed by atoms with Crippen molar-refractivity contribution >= 4 is 29.2 Å². The van der Waals surface area contributed by atoms with E-state index in [0.717, 1.165) is 0 Å². The molecule has 0 saturated carbocycles. The molecular formula is CH4N2S2Zn. The van der Waals surface area contributed by atoms with E-state index in [9.17, 15) is 0 Å². The number of thiol groups is 1. The molecule has 0 aromatic carbocycles. The summed E-state index contributed by atoms with van der Waals surface area (Å²) >= 11 is 7.92. The number of nitrogens with two attached hydrogens (primary N) is 1. The van der Waals surface area contributed by atoms with Crippen molar-refractivity contribution in [2.45, 2.75) is 0 Å². The first-order chi connectivity index (χ1) is 2.27. The van der Waals surface area contributed by atoms with Crippen LogP contribution in [0.1, 0.15) is 0 Å². The van der Waals surface area contributed by atoms with Crippen molar-refractivity contribution in [1.82, 2.24) is 5.43 Å². The number of hydrogen-bond acceptors (Lipinski definition) is 2. The van der Waals surface area contributed by atoms with Gasteiger partial charge in [0.2, 0.25) is 0 Å². The van der Waals surface area contributed by atoms with Crippen LogP contribution in [-0.4, -0.2) is 4.32 Å². The molecule has 0 saturated heterocycles. The molecule has 0 radical (unpaired) electrons. The summed E-state index contributed by atoms with van der Waals surface area (Å²) in [6.07, 6.45) is 0. The zero-order valence-corrected chi connectivity index (χ0v) is 7.82. The van der Waals surface area contributed by atoms with E-state index in [1.807, 2.05) is 0 Å². The normalized spacial score (nSPS) is 5.67. The fourth-order valence-corrected chi connectivity index (χ4v) is 0. The molecule has 0 aromatic heterocycles. The number of hydrogen-bond donors (Lipinski definition) is 3. The smallest absolute Gasteiger partial charge is 0.144 e. The van der Waals surface area contributed by atoms with Crippen LogP contribution in [0.3, 0.4) is 0 Å². The Morgan fingerprint density at radius 1 is 1.83 bits per heavy atom. The van der Waals surface area contributed by atoms with Gasteiger partial charge in [0.05, 0.1) is 0 Å². The summed E-state index contributed by atoms with van der Waals surface area (Å²) in [6.45, 7) is 0. The van der Waals surface area contributed by atoms with Gasteiger partial charge in [-0.2, -0.15) is 0 Å². The average Bonchev–Trinajstić information content (AvgIpc) is 1.38. The van der Waals surface area contributed by atoms with Crippen molar-refractivity contribution < 1.29 is 19.5 Å². The first-order valence-electron chi connectivity index (χ1n) is 0.966. The van der Waals surface area contributed by atoms with E-state index >= 15 is 0 Å². The molecule has 0 spiro atoms. The van der Waals surface area contributed by atoms with E-state index in [1.54, 1.807) is 0 Å². The predicted octanol–water partition coefficient (Wildman–Crippen LogP) is -0.338. The van der Waals surface area contributed by atoms with E-state index in [1.165, 1.54) is 0 Å². The molecule has 0 bridgehead atoms. The standard InChI is InChI=1S/CH4N2S2.Zn/c2-3-1(4)5;/h2H2,(H2,3,4,5);. The minimum atomic E-state index is 0. The van der Waals surface area contributed by atoms with Crippen LogP contribution in [0.15, 0.2) is 0 Å². The average molecular weight is 174 g/mol. The second-order valence-corrected chi connectivity index (χ2v) is 1.61. The molecule has 32 valence electrons. The topological polar surface area (TPSA) is 38.0 Å². The van der Waals surface area contributed by atoms with Crippen LogP contribution in [0.2, 0.25) is 0 Å². The van der Waals surface area contributed by atoms with Gasteiger partial charge in [-0.3, -0.25) is 0 Å². The number of hydrazine groups is 1. The van der Waals surface area contributed by atoms with Crippen LogP contribution in [0.5, 0.6) is 0 Å². The molecule has 0 aliphatic rings. The van der Waals surface area contributed by atoms with Crippen LogP contribution in [-0.2, 0) is 19.5 Å². The monoisotopic (exact) mass is 172 g/mol. The van der Waals surface area contributed by atoms with E-state index in [0.29, 0.717) is 4.32 Å². The molecule has 0 amide bonds. The largest absolute Gasteiger partial charge is 0.310 e. The fraction of sp³-hybridized carbons (Fsp3) is 0. The number of rotatable bonds is 0. The Labute approximate surface area is 60.0 Å². The van der Waals surface area contributed by atoms with Crippen LogP contribution in [0.4, 0.5) is 0 Å². The van der Waals surface area contributed by atoms with Crippen LogP contribution >= 0.6 is 24.8 Å². The zero-order valence-electron chi connectivity index (χ0n) is 3.14. The molecular weight excluding hydrogens is 170 g/mol. The molecule has 0 heterocycles. The van der Waals surface area contributed by atoms with Crippen molar-refractivity contribution in [3.05, 3.63) is 0 Å². The van der Waals surface area contributed by atoms with Crippen molar-refractivity contribution in [2.24, 2.45) is 5.84 Å². The summed E-state index contributed by atoms with van der Waals surface area (Å²) in [7, 11) is 0. The third-order valence-electron chi connectivity index (χ3n) is 0.123. The van der Waals surface area contributed by atoms with E-state index in [-0.39, 0.29) is 19.5 Å². The summed E-state index contributed by atoms with van der Waals surface area (Å²) in [5.41, 5.74) is 2.12. The quantitative estimate of drug-likeness (QED) is 0.154. The molecule has 2 nitrogen and oxygen atoms in total. The van der Waals surface area contributed by atoms with Gasteiger partial charge in [-0.05, 0) is 0 Å². The van der Waals surface area contributed by atoms with Gasteiger partial charge in [-0.15, -0.1) is 12.6 Å². The number of nitrogens with one attached hydrogen (secondary N) is 1. The summed E-state index contributed by atoms with van der Waals surface area (Å²) in [4.78, 5) is 0. The van der Waals surface area contributed by atoms with Gasteiger partial charge in [0.25, 0.3) is 0 Å². The summed E-state index contributed by atoms with van der Waals surface area (Å²) in [5.74, 6) is 4.70. The number of thiocarbonyl (C=S) groups is 1. The second kappa shape index (κ2) is 5.82. The third kappa shape index (κ3) is 8.85. The predicted molar refractivity (Wildman–Crippen MR) is 28.9 cm³/mol. The second-order valence-electron chi connectivity index (χ2n) is 0.449. The van der Waals surface area contributed by atoms with E-state index in [4.69, 9.17) is 5.84 Å². The zero-order chi connectivity index (χ0) is 4.28. The first kappa shape index (κ1) is 9.95. The van der Waals surface area contributed by atoms with Crippen molar-refractivity contribution in [1.29, 1.82) is 0 Å². The van der Waals surface area contributed by atoms with E-state index in [2.05, 4.69) is 30.3 Å². The van der Waals surface area contributed by atoms with Gasteiger partial charge in [-0.25, -0.2) is 5.84 Å². The molecule has 0 aliphatic carbocycles. The van der Waals surface area contributed by atoms with Crippen molar-refractivity contribution in [3.63, 3.8) is 0 Å². The Balaban J connectivity index is 0. The summed E-state index contributed by atoms with van der Waals surface area (Å²) in [6, 6.07) is 0. The Morgan fingerprint density at radius 2 is 2.00 bits per heavy atom. The summed E-state index contributed by atoms with van der Waals surface area (Å²) in [5, 5.41) is 0. The maximum Gasteiger partial charge on any atom is 0.144 e. The van der Waals surface area contributed by atoms with Crippen LogP contribution < -0.4 is 11.3 Å². The van der Waals surface area contributed by atoms with Gasteiger partial charge in [0.15, 0.2) is 0 Å². The molecule has 3 N–H and O–H groups in total. The first-order valence-corrected chi connectivity index (χ1v) is 1.82. The van der Waals surface area contributed by atoms with Crippen molar-refractivity contribution in [2.75, 3.05) is 0 Å². The maximum atomic E-state index is 4.70. The molecule has 0 aliphatic heterocycles. The molecule has 5 heteroatoms. The molecule has 0 atom stereocenters. The van der Waals surface area contributed by atoms with Crippen molar-refractivity contribution in [3.8, 4) is 0 Å². The molecule has 0 rings (SSSR count). The Hall–Kier alpha value is 0.823. The Kier molecular flexibility index (Phi) is 9.65. The van der Waals surface area contributed by atoms with Crippen LogP contribution in [0.25, 0.3) is 0 Å². The minimum Gasteiger partial charge on any atom is -0.310 e. The van der Waals surface area contributed by atoms with Gasteiger partial charge >= 0.3 is 0 Å². The van der Waals surface area contributed by atoms with Gasteiger partial charge < -0.3 is 5.43 Å².